The molecule has 2 atom stereocenters. The highest BCUT2D eigenvalue weighted by molar-refractivity contribution is 7.99. The van der Waals surface area contributed by atoms with Crippen LogP contribution in [0.5, 0.6) is 5.75 Å². The number of aliphatic hydroxyl groups is 1. The number of ether oxygens (including phenoxy) is 2. The van der Waals surface area contributed by atoms with Crippen molar-refractivity contribution in [3.8, 4) is 5.75 Å². The van der Waals surface area contributed by atoms with Gasteiger partial charge in [-0.25, -0.2) is 4.79 Å². The quantitative estimate of drug-likeness (QED) is 0.467. The maximum absolute atomic E-state index is 11.9. The maximum Gasteiger partial charge on any atom is 0.336 e. The Morgan fingerprint density at radius 1 is 1.16 bits per heavy atom. The molecule has 2 aromatic carbocycles. The van der Waals surface area contributed by atoms with Crippen molar-refractivity contribution in [3.05, 3.63) is 53.1 Å². The van der Waals surface area contributed by atoms with Gasteiger partial charge < -0.3 is 20.3 Å². The van der Waals surface area contributed by atoms with Crippen LogP contribution in [0, 0.1) is 13.8 Å². The summed E-state index contributed by atoms with van der Waals surface area (Å²) in [6.07, 6.45) is -1.32. The number of aryl methyl sites for hydroxylation is 2. The summed E-state index contributed by atoms with van der Waals surface area (Å²) in [7, 11) is 2.84. The van der Waals surface area contributed by atoms with Crippen LogP contribution in [0.25, 0.3) is 0 Å². The molecule has 0 heterocycles. The van der Waals surface area contributed by atoms with E-state index in [1.165, 1.54) is 18.9 Å². The summed E-state index contributed by atoms with van der Waals surface area (Å²) in [5.74, 6) is 0.0164. The van der Waals surface area contributed by atoms with Gasteiger partial charge in [0, 0.05) is 10.6 Å². The summed E-state index contributed by atoms with van der Waals surface area (Å²) in [4.78, 5) is 12.8. The van der Waals surface area contributed by atoms with Crippen molar-refractivity contribution in [2.24, 2.45) is 0 Å². The number of esters is 1. The molecule has 3 N–H and O–H groups in total. The van der Waals surface area contributed by atoms with E-state index in [-0.39, 0.29) is 0 Å². The summed E-state index contributed by atoms with van der Waals surface area (Å²) in [5, 5.41) is 9.93. The third-order valence-electron chi connectivity index (χ3n) is 3.87. The number of nitrogen functional groups attached to an aromatic ring is 1. The first-order chi connectivity index (χ1) is 11.9. The third-order valence-corrected chi connectivity index (χ3v) is 5.44. The van der Waals surface area contributed by atoms with Crippen molar-refractivity contribution < 1.29 is 19.4 Å². The number of hydrogen-bond acceptors (Lipinski definition) is 6. The summed E-state index contributed by atoms with van der Waals surface area (Å²) >= 11 is 1.35. The zero-order valence-corrected chi connectivity index (χ0v) is 15.6. The van der Waals surface area contributed by atoms with Crippen LogP contribution in [0.15, 0.2) is 41.3 Å². The first-order valence-corrected chi connectivity index (χ1v) is 8.68. The van der Waals surface area contributed by atoms with Crippen molar-refractivity contribution in [1.29, 1.82) is 0 Å². The van der Waals surface area contributed by atoms with Crippen molar-refractivity contribution >= 4 is 23.4 Å². The number of aliphatic hydroxyl groups excluding tert-OH is 1. The lowest BCUT2D eigenvalue weighted by atomic mass is 10.1. The molecule has 2 aromatic rings. The number of hydrogen-bond donors (Lipinski definition) is 2. The molecular formula is C19H23NO4S. The van der Waals surface area contributed by atoms with E-state index in [9.17, 15) is 9.90 Å². The van der Waals surface area contributed by atoms with E-state index in [4.69, 9.17) is 15.2 Å². The van der Waals surface area contributed by atoms with Gasteiger partial charge in [-0.2, -0.15) is 0 Å². The van der Waals surface area contributed by atoms with Crippen LogP contribution in [-0.4, -0.2) is 31.4 Å². The van der Waals surface area contributed by atoms with Crippen molar-refractivity contribution in [2.75, 3.05) is 20.0 Å². The number of methoxy groups -OCH3 is 2. The van der Waals surface area contributed by atoms with Crippen molar-refractivity contribution in [3.63, 3.8) is 0 Å². The van der Waals surface area contributed by atoms with Gasteiger partial charge in [0.1, 0.15) is 5.75 Å². The lowest BCUT2D eigenvalue weighted by molar-refractivity contribution is -0.150. The molecule has 0 unspecified atom stereocenters. The molecular weight excluding hydrogens is 338 g/mol. The molecule has 0 radical (unpaired) electrons. The molecule has 0 fully saturated rings. The Morgan fingerprint density at radius 3 is 2.32 bits per heavy atom. The zero-order valence-electron chi connectivity index (χ0n) is 14.8. The average molecular weight is 361 g/mol. The Balaban J connectivity index is 2.42. The van der Waals surface area contributed by atoms with Crippen molar-refractivity contribution in [1.82, 2.24) is 0 Å². The summed E-state index contributed by atoms with van der Waals surface area (Å²) < 4.78 is 9.89. The van der Waals surface area contributed by atoms with Crippen LogP contribution < -0.4 is 10.5 Å². The van der Waals surface area contributed by atoms with Gasteiger partial charge in [-0.3, -0.25) is 0 Å². The van der Waals surface area contributed by atoms with Gasteiger partial charge in [-0.05, 0) is 48.7 Å². The molecule has 0 aromatic heterocycles. The normalized spacial score (nSPS) is 13.2. The van der Waals surface area contributed by atoms with Gasteiger partial charge in [-0.15, -0.1) is 11.8 Å². The van der Waals surface area contributed by atoms with Gasteiger partial charge >= 0.3 is 5.97 Å². The number of carbonyl (C=O) groups is 1. The minimum absolute atomic E-state index is 0.554. The molecule has 5 nitrogen and oxygen atoms in total. The Labute approximate surface area is 152 Å². The van der Waals surface area contributed by atoms with Crippen LogP contribution >= 0.6 is 11.8 Å². The number of rotatable bonds is 6. The molecule has 0 bridgehead atoms. The average Bonchev–Trinajstić information content (AvgIpc) is 2.60. The van der Waals surface area contributed by atoms with E-state index < -0.39 is 17.3 Å². The van der Waals surface area contributed by atoms with E-state index in [2.05, 4.69) is 0 Å². The van der Waals surface area contributed by atoms with Gasteiger partial charge in [0.15, 0.2) is 6.10 Å². The van der Waals surface area contributed by atoms with Gasteiger partial charge in [0.05, 0.1) is 19.5 Å². The minimum atomic E-state index is -1.32. The van der Waals surface area contributed by atoms with Crippen LogP contribution in [-0.2, 0) is 9.53 Å². The lowest BCUT2D eigenvalue weighted by Gasteiger charge is -2.23. The highest BCUT2D eigenvalue weighted by atomic mass is 32.2. The van der Waals surface area contributed by atoms with Crippen LogP contribution in [0.1, 0.15) is 21.9 Å². The molecule has 0 aliphatic carbocycles. The molecule has 0 saturated carbocycles. The Kier molecular flexibility index (Phi) is 6.33. The standard InChI is InChI=1S/C19H23NO4S/c1-11-9-12(2)17(15(20)10-11)25-18(16(21)19(22)24-4)13-5-7-14(23-3)8-6-13/h5-10,16,18,21H,20H2,1-4H3/t16-,18+/m0/s1. The fourth-order valence-electron chi connectivity index (χ4n) is 2.63. The molecule has 0 spiro atoms. The number of benzene rings is 2. The predicted molar refractivity (Wildman–Crippen MR) is 99.9 cm³/mol. The second-order valence-corrected chi connectivity index (χ2v) is 6.93. The number of carbonyl (C=O) groups excluding carboxylic acids is 1. The second kappa shape index (κ2) is 8.27. The van der Waals surface area contributed by atoms with E-state index in [1.807, 2.05) is 38.1 Å². The Hall–Kier alpha value is -2.18. The smallest absolute Gasteiger partial charge is 0.336 e. The topological polar surface area (TPSA) is 81.8 Å². The molecule has 25 heavy (non-hydrogen) atoms. The molecule has 0 saturated heterocycles. The second-order valence-electron chi connectivity index (χ2n) is 5.78. The summed E-state index contributed by atoms with van der Waals surface area (Å²) in [5.41, 5.74) is 9.63. The molecule has 134 valence electrons. The molecule has 0 aliphatic heterocycles. The third kappa shape index (κ3) is 4.46. The number of nitrogens with two attached hydrogens (primary N) is 1. The Morgan fingerprint density at radius 2 is 1.80 bits per heavy atom. The largest absolute Gasteiger partial charge is 0.497 e. The highest BCUT2D eigenvalue weighted by Gasteiger charge is 2.30. The molecule has 0 aliphatic rings. The first kappa shape index (κ1) is 19.1. The predicted octanol–water partition coefficient (Wildman–Crippen LogP) is 3.26. The van der Waals surface area contributed by atoms with Gasteiger partial charge in [-0.1, -0.05) is 18.2 Å². The number of thioether (sulfide) groups is 1. The maximum atomic E-state index is 11.9. The Bertz CT molecular complexity index is 723. The van der Waals surface area contributed by atoms with E-state index in [0.29, 0.717) is 11.4 Å². The molecule has 0 amide bonds. The molecule has 6 heteroatoms. The summed E-state index contributed by atoms with van der Waals surface area (Å²) in [6, 6.07) is 11.1. The van der Waals surface area contributed by atoms with Crippen LogP contribution in [0.3, 0.4) is 0 Å². The fourth-order valence-corrected chi connectivity index (χ4v) is 3.85. The van der Waals surface area contributed by atoms with Crippen LogP contribution in [0.4, 0.5) is 5.69 Å². The number of anilines is 1. The van der Waals surface area contributed by atoms with Crippen molar-refractivity contribution in [2.45, 2.75) is 30.1 Å². The monoisotopic (exact) mass is 361 g/mol. The van der Waals surface area contributed by atoms with Gasteiger partial charge in [0.25, 0.3) is 0 Å². The minimum Gasteiger partial charge on any atom is -0.497 e. The highest BCUT2D eigenvalue weighted by Crippen LogP contribution is 2.43. The SMILES string of the molecule is COC(=O)[C@@H](O)[C@H](Sc1c(C)cc(C)cc1N)c1ccc(OC)cc1. The van der Waals surface area contributed by atoms with Gasteiger partial charge in [0.2, 0.25) is 0 Å². The van der Waals surface area contributed by atoms with E-state index in [1.54, 1.807) is 19.2 Å². The van der Waals surface area contributed by atoms with E-state index >= 15 is 0 Å². The van der Waals surface area contributed by atoms with E-state index in [0.717, 1.165) is 21.6 Å². The fraction of sp³-hybridized carbons (Fsp3) is 0.316. The first-order valence-electron chi connectivity index (χ1n) is 7.80. The lowest BCUT2D eigenvalue weighted by Crippen LogP contribution is -2.27. The molecule has 2 rings (SSSR count). The summed E-state index contributed by atoms with van der Waals surface area (Å²) in [6.45, 7) is 3.93. The zero-order chi connectivity index (χ0) is 18.6. The van der Waals surface area contributed by atoms with Crippen LogP contribution in [0.2, 0.25) is 0 Å².